The van der Waals surface area contributed by atoms with Gasteiger partial charge in [0, 0.05) is 0 Å². The van der Waals surface area contributed by atoms with Crippen LogP contribution in [0.4, 0.5) is 0 Å². The lowest BCUT2D eigenvalue weighted by molar-refractivity contribution is 0.733. The van der Waals surface area contributed by atoms with Crippen LogP contribution in [0, 0.1) is 0 Å². The average molecular weight is 413 g/mol. The van der Waals surface area contributed by atoms with Crippen LogP contribution in [0.15, 0.2) is 132 Å². The molecule has 0 saturated heterocycles. The van der Waals surface area contributed by atoms with Gasteiger partial charge in [0.05, 0.1) is 0 Å². The van der Waals surface area contributed by atoms with Gasteiger partial charge in [0.25, 0.3) is 0 Å². The maximum Gasteiger partial charge on any atom is -0.0119 e. The summed E-state index contributed by atoms with van der Waals surface area (Å²) in [6.45, 7) is 0. The summed E-state index contributed by atoms with van der Waals surface area (Å²) in [5, 5.41) is 0. The highest BCUT2D eigenvalue weighted by molar-refractivity contribution is 5.84. The summed E-state index contributed by atoms with van der Waals surface area (Å²) in [4.78, 5) is 0. The summed E-state index contributed by atoms with van der Waals surface area (Å²) in [7, 11) is 0. The maximum absolute atomic E-state index is 2.25. The Kier molecular flexibility index (Phi) is 6.12. The second-order valence-corrected chi connectivity index (χ2v) is 8.42. The largest absolute Gasteiger partial charge is 0.0622 e. The van der Waals surface area contributed by atoms with Gasteiger partial charge in [-0.2, -0.15) is 0 Å². The standard InChI is InChI=1S/C32H28/c1-5-13-25(14-6-1)31(26-15-7-2-8-16-26)29-21-23-30(24-22-29)32(27-17-9-3-10-18-27)28-19-11-4-12-20-28/h1-20H,21-24H2. The molecule has 0 aliphatic heterocycles. The topological polar surface area (TPSA) is 0 Å². The van der Waals surface area contributed by atoms with Gasteiger partial charge in [0.2, 0.25) is 0 Å². The van der Waals surface area contributed by atoms with Gasteiger partial charge in [0.15, 0.2) is 0 Å². The minimum Gasteiger partial charge on any atom is -0.0622 e. The van der Waals surface area contributed by atoms with Crippen molar-refractivity contribution in [2.45, 2.75) is 25.7 Å². The number of rotatable bonds is 4. The zero-order chi connectivity index (χ0) is 21.6. The lowest BCUT2D eigenvalue weighted by Crippen LogP contribution is -2.05. The Morgan fingerprint density at radius 2 is 0.531 bits per heavy atom. The highest BCUT2D eigenvalue weighted by Gasteiger charge is 2.20. The first-order valence-corrected chi connectivity index (χ1v) is 11.6. The molecule has 1 saturated carbocycles. The molecule has 4 aromatic carbocycles. The van der Waals surface area contributed by atoms with Crippen LogP contribution in [0.2, 0.25) is 0 Å². The SMILES string of the molecule is c1ccc(C(=C2CCC(=C(c3ccccc3)c3ccccc3)CC2)c2ccccc2)cc1. The number of hydrogen-bond donors (Lipinski definition) is 0. The molecule has 1 aliphatic rings. The van der Waals surface area contributed by atoms with E-state index < -0.39 is 0 Å². The minimum atomic E-state index is 1.11. The van der Waals surface area contributed by atoms with E-state index in [-0.39, 0.29) is 0 Å². The highest BCUT2D eigenvalue weighted by Crippen LogP contribution is 2.40. The summed E-state index contributed by atoms with van der Waals surface area (Å²) in [5.74, 6) is 0. The van der Waals surface area contributed by atoms with Crippen molar-refractivity contribution in [1.29, 1.82) is 0 Å². The molecule has 0 spiro atoms. The lowest BCUT2D eigenvalue weighted by atomic mass is 9.79. The van der Waals surface area contributed by atoms with Crippen molar-refractivity contribution < 1.29 is 0 Å². The molecule has 156 valence electrons. The van der Waals surface area contributed by atoms with E-state index in [9.17, 15) is 0 Å². The fourth-order valence-corrected chi connectivity index (χ4v) is 4.92. The van der Waals surface area contributed by atoms with Crippen LogP contribution < -0.4 is 0 Å². The molecule has 0 heterocycles. The van der Waals surface area contributed by atoms with Crippen LogP contribution in [0.5, 0.6) is 0 Å². The van der Waals surface area contributed by atoms with Crippen molar-refractivity contribution in [2.24, 2.45) is 0 Å². The Hall–Kier alpha value is -3.64. The Morgan fingerprint density at radius 1 is 0.312 bits per heavy atom. The maximum atomic E-state index is 2.25. The number of benzene rings is 4. The monoisotopic (exact) mass is 412 g/mol. The Labute approximate surface area is 191 Å². The van der Waals surface area contributed by atoms with E-state index in [2.05, 4.69) is 121 Å². The molecule has 32 heavy (non-hydrogen) atoms. The quantitative estimate of drug-likeness (QED) is 0.315. The molecule has 0 atom stereocenters. The lowest BCUT2D eigenvalue weighted by Gasteiger charge is -2.25. The van der Waals surface area contributed by atoms with Crippen molar-refractivity contribution in [3.63, 3.8) is 0 Å². The van der Waals surface area contributed by atoms with Gasteiger partial charge in [-0.05, 0) is 59.1 Å². The van der Waals surface area contributed by atoms with Gasteiger partial charge in [-0.15, -0.1) is 0 Å². The van der Waals surface area contributed by atoms with Gasteiger partial charge in [0.1, 0.15) is 0 Å². The number of hydrogen-bond acceptors (Lipinski definition) is 0. The molecule has 1 aliphatic carbocycles. The molecule has 1 fully saturated rings. The minimum absolute atomic E-state index is 1.11. The Bertz CT molecular complexity index is 1020. The number of allylic oxidation sites excluding steroid dienone is 2. The van der Waals surface area contributed by atoms with Gasteiger partial charge in [-0.3, -0.25) is 0 Å². The van der Waals surface area contributed by atoms with Crippen LogP contribution >= 0.6 is 0 Å². The van der Waals surface area contributed by atoms with Crippen molar-refractivity contribution in [1.82, 2.24) is 0 Å². The van der Waals surface area contributed by atoms with Crippen LogP contribution in [-0.2, 0) is 0 Å². The summed E-state index contributed by atoms with van der Waals surface area (Å²) in [5.41, 5.74) is 11.3. The molecule has 0 amide bonds. The molecule has 0 nitrogen and oxygen atoms in total. The van der Waals surface area contributed by atoms with Crippen molar-refractivity contribution >= 4 is 11.1 Å². The van der Waals surface area contributed by atoms with Gasteiger partial charge < -0.3 is 0 Å². The van der Waals surface area contributed by atoms with Gasteiger partial charge in [-0.25, -0.2) is 0 Å². The predicted octanol–water partition coefficient (Wildman–Crippen LogP) is 8.56. The van der Waals surface area contributed by atoms with Crippen LogP contribution in [0.25, 0.3) is 11.1 Å². The van der Waals surface area contributed by atoms with Crippen LogP contribution in [-0.4, -0.2) is 0 Å². The molecule has 0 N–H and O–H groups in total. The zero-order valence-corrected chi connectivity index (χ0v) is 18.4. The molecule has 0 heteroatoms. The third-order valence-electron chi connectivity index (χ3n) is 6.41. The second-order valence-electron chi connectivity index (χ2n) is 8.42. The van der Waals surface area contributed by atoms with Crippen molar-refractivity contribution in [2.75, 3.05) is 0 Å². The van der Waals surface area contributed by atoms with E-state index >= 15 is 0 Å². The van der Waals surface area contributed by atoms with E-state index in [1.165, 1.54) is 33.4 Å². The molecule has 4 aromatic rings. The summed E-state index contributed by atoms with van der Waals surface area (Å²) in [6, 6.07) is 43.6. The first-order valence-electron chi connectivity index (χ1n) is 11.6. The second kappa shape index (κ2) is 9.66. The van der Waals surface area contributed by atoms with Crippen molar-refractivity contribution in [3.8, 4) is 0 Å². The third kappa shape index (κ3) is 4.36. The summed E-state index contributed by atoms with van der Waals surface area (Å²) in [6.07, 6.45) is 4.44. The highest BCUT2D eigenvalue weighted by atomic mass is 14.2. The van der Waals surface area contributed by atoms with Gasteiger partial charge >= 0.3 is 0 Å². The van der Waals surface area contributed by atoms with Crippen molar-refractivity contribution in [3.05, 3.63) is 155 Å². The molecule has 0 radical (unpaired) electrons. The van der Waals surface area contributed by atoms with E-state index in [0.29, 0.717) is 0 Å². The van der Waals surface area contributed by atoms with Gasteiger partial charge in [-0.1, -0.05) is 132 Å². The van der Waals surface area contributed by atoms with E-state index in [0.717, 1.165) is 25.7 Å². The predicted molar refractivity (Wildman–Crippen MR) is 136 cm³/mol. The molecule has 0 unspecified atom stereocenters. The third-order valence-corrected chi connectivity index (χ3v) is 6.41. The summed E-state index contributed by atoms with van der Waals surface area (Å²) >= 11 is 0. The molecule has 0 bridgehead atoms. The Morgan fingerprint density at radius 3 is 0.750 bits per heavy atom. The molecule has 0 aromatic heterocycles. The normalized spacial score (nSPS) is 13.6. The first kappa shape index (κ1) is 20.3. The van der Waals surface area contributed by atoms with Crippen LogP contribution in [0.3, 0.4) is 0 Å². The zero-order valence-electron chi connectivity index (χ0n) is 18.4. The molecular weight excluding hydrogens is 384 g/mol. The summed E-state index contributed by atoms with van der Waals surface area (Å²) < 4.78 is 0. The molecule has 5 rings (SSSR count). The van der Waals surface area contributed by atoms with E-state index in [1.807, 2.05) is 0 Å². The smallest absolute Gasteiger partial charge is 0.0119 e. The van der Waals surface area contributed by atoms with E-state index in [1.54, 1.807) is 11.1 Å². The van der Waals surface area contributed by atoms with E-state index in [4.69, 9.17) is 0 Å². The Balaban J connectivity index is 1.56. The molecular formula is C32H28. The van der Waals surface area contributed by atoms with Crippen LogP contribution in [0.1, 0.15) is 47.9 Å². The first-order chi connectivity index (χ1) is 15.9. The fraction of sp³-hybridized carbons (Fsp3) is 0.125. The average Bonchev–Trinajstić information content (AvgIpc) is 2.88. The fourth-order valence-electron chi connectivity index (χ4n) is 4.92.